The monoisotopic (exact) mass is 340 g/mol. The Morgan fingerprint density at radius 1 is 1.24 bits per heavy atom. The van der Waals surface area contributed by atoms with Gasteiger partial charge in [0.2, 0.25) is 0 Å². The van der Waals surface area contributed by atoms with Crippen LogP contribution in [0.5, 0.6) is 5.75 Å². The second-order valence-electron chi connectivity index (χ2n) is 6.89. The Bertz CT molecular complexity index is 882. The molecule has 5 heteroatoms. The molecule has 3 aromatic rings. The first kappa shape index (κ1) is 17.5. The highest BCUT2D eigenvalue weighted by Crippen LogP contribution is 2.36. The Balaban J connectivity index is 1.98. The van der Waals surface area contributed by atoms with Crippen molar-refractivity contribution in [3.05, 3.63) is 30.0 Å². The molecule has 0 spiro atoms. The number of nitrogens with zero attached hydrogens (tertiary/aromatic N) is 3. The van der Waals surface area contributed by atoms with Crippen LogP contribution in [0, 0.1) is 6.92 Å². The molecule has 1 aromatic carbocycles. The molecule has 0 amide bonds. The second-order valence-corrected chi connectivity index (χ2v) is 6.89. The summed E-state index contributed by atoms with van der Waals surface area (Å²) in [5.74, 6) is 1.84. The standard InChI is InChI=1S/C20H28N4O/c1-14-13-22-20(21-10-6-7-11-23(2)3)18-16-12-15(25-5)8-9-17(16)24(4)19(14)18/h8-9,12-13H,6-7,10-11H2,1-5H3,(H,21,22). The number of anilines is 1. The van der Waals surface area contributed by atoms with E-state index in [0.717, 1.165) is 31.1 Å². The minimum absolute atomic E-state index is 0.874. The van der Waals surface area contributed by atoms with Crippen molar-refractivity contribution >= 4 is 27.6 Å². The minimum Gasteiger partial charge on any atom is -0.497 e. The number of rotatable bonds is 7. The third-order valence-corrected chi connectivity index (χ3v) is 4.73. The number of methoxy groups -OCH3 is 1. The number of benzene rings is 1. The van der Waals surface area contributed by atoms with Gasteiger partial charge in [0.25, 0.3) is 0 Å². The van der Waals surface area contributed by atoms with Gasteiger partial charge < -0.3 is 19.5 Å². The van der Waals surface area contributed by atoms with E-state index < -0.39 is 0 Å². The molecule has 134 valence electrons. The van der Waals surface area contributed by atoms with Crippen LogP contribution in [0.2, 0.25) is 0 Å². The Kier molecular flexibility index (Phi) is 5.13. The molecule has 5 nitrogen and oxygen atoms in total. The molecule has 0 aliphatic rings. The summed E-state index contributed by atoms with van der Waals surface area (Å²) in [6.07, 6.45) is 4.27. The molecule has 0 aliphatic heterocycles. The van der Waals surface area contributed by atoms with Crippen LogP contribution in [0.15, 0.2) is 24.4 Å². The van der Waals surface area contributed by atoms with E-state index in [1.165, 1.54) is 33.8 Å². The number of ether oxygens (including phenoxy) is 1. The Morgan fingerprint density at radius 2 is 2.04 bits per heavy atom. The van der Waals surface area contributed by atoms with Crippen LogP contribution in [0.3, 0.4) is 0 Å². The fraction of sp³-hybridized carbons (Fsp3) is 0.450. The summed E-state index contributed by atoms with van der Waals surface area (Å²) >= 11 is 0. The number of pyridine rings is 1. The normalized spacial score (nSPS) is 11.6. The van der Waals surface area contributed by atoms with Crippen LogP contribution >= 0.6 is 0 Å². The third-order valence-electron chi connectivity index (χ3n) is 4.73. The van der Waals surface area contributed by atoms with E-state index in [9.17, 15) is 0 Å². The average molecular weight is 340 g/mol. The smallest absolute Gasteiger partial charge is 0.136 e. The van der Waals surface area contributed by atoms with E-state index in [1.54, 1.807) is 7.11 Å². The second kappa shape index (κ2) is 7.31. The van der Waals surface area contributed by atoms with Gasteiger partial charge in [-0.15, -0.1) is 0 Å². The van der Waals surface area contributed by atoms with Crippen LogP contribution in [-0.4, -0.2) is 48.7 Å². The van der Waals surface area contributed by atoms with Crippen LogP contribution in [0.1, 0.15) is 18.4 Å². The summed E-state index contributed by atoms with van der Waals surface area (Å²) in [5, 5.41) is 5.92. The van der Waals surface area contributed by atoms with Crippen molar-refractivity contribution < 1.29 is 4.74 Å². The molecule has 0 fully saturated rings. The van der Waals surface area contributed by atoms with Crippen molar-refractivity contribution in [3.8, 4) is 5.75 Å². The van der Waals surface area contributed by atoms with E-state index in [-0.39, 0.29) is 0 Å². The van der Waals surface area contributed by atoms with E-state index >= 15 is 0 Å². The zero-order chi connectivity index (χ0) is 18.0. The number of hydrogen-bond donors (Lipinski definition) is 1. The van der Waals surface area contributed by atoms with E-state index in [1.807, 2.05) is 12.3 Å². The predicted octanol–water partition coefficient (Wildman–Crippen LogP) is 3.80. The summed E-state index contributed by atoms with van der Waals surface area (Å²) in [6.45, 7) is 4.16. The summed E-state index contributed by atoms with van der Waals surface area (Å²) in [7, 11) is 8.05. The molecule has 0 atom stereocenters. The van der Waals surface area contributed by atoms with Gasteiger partial charge in [0.1, 0.15) is 11.6 Å². The molecular weight excluding hydrogens is 312 g/mol. The highest BCUT2D eigenvalue weighted by molar-refractivity contribution is 6.14. The molecule has 1 N–H and O–H groups in total. The molecule has 2 heterocycles. The average Bonchev–Trinajstić information content (AvgIpc) is 2.89. The number of nitrogens with one attached hydrogen (secondary N) is 1. The van der Waals surface area contributed by atoms with Gasteiger partial charge in [-0.25, -0.2) is 4.98 Å². The van der Waals surface area contributed by atoms with Crippen molar-refractivity contribution in [3.63, 3.8) is 0 Å². The molecule has 25 heavy (non-hydrogen) atoms. The van der Waals surface area contributed by atoms with Crippen LogP contribution < -0.4 is 10.1 Å². The summed E-state index contributed by atoms with van der Waals surface area (Å²) < 4.78 is 7.68. The van der Waals surface area contributed by atoms with Crippen LogP contribution in [0.25, 0.3) is 21.8 Å². The van der Waals surface area contributed by atoms with Gasteiger partial charge in [0.05, 0.1) is 18.0 Å². The van der Waals surface area contributed by atoms with Gasteiger partial charge in [-0.3, -0.25) is 0 Å². The Morgan fingerprint density at radius 3 is 2.76 bits per heavy atom. The molecule has 0 saturated heterocycles. The zero-order valence-electron chi connectivity index (χ0n) is 15.9. The van der Waals surface area contributed by atoms with E-state index in [2.05, 4.69) is 60.0 Å². The van der Waals surface area contributed by atoms with Gasteiger partial charge in [0, 0.05) is 30.7 Å². The molecule has 0 saturated carbocycles. The molecule has 0 aliphatic carbocycles. The summed E-state index contributed by atoms with van der Waals surface area (Å²) in [5.41, 5.74) is 3.61. The lowest BCUT2D eigenvalue weighted by Crippen LogP contribution is -2.14. The van der Waals surface area contributed by atoms with Crippen LogP contribution in [-0.2, 0) is 7.05 Å². The number of hydrogen-bond acceptors (Lipinski definition) is 4. The molecular formula is C20H28N4O. The highest BCUT2D eigenvalue weighted by Gasteiger charge is 2.15. The SMILES string of the molecule is COc1ccc2c(c1)c1c(NCCCCN(C)C)ncc(C)c1n2C. The molecule has 3 rings (SSSR count). The van der Waals surface area contributed by atoms with E-state index in [0.29, 0.717) is 0 Å². The summed E-state index contributed by atoms with van der Waals surface area (Å²) in [6, 6.07) is 6.24. The molecule has 0 radical (unpaired) electrons. The fourth-order valence-corrected chi connectivity index (χ4v) is 3.43. The lowest BCUT2D eigenvalue weighted by Gasteiger charge is -2.11. The molecule has 0 unspecified atom stereocenters. The lowest BCUT2D eigenvalue weighted by molar-refractivity contribution is 0.396. The van der Waals surface area contributed by atoms with Crippen molar-refractivity contribution in [2.24, 2.45) is 7.05 Å². The number of aryl methyl sites for hydroxylation is 2. The Labute approximate surface area is 149 Å². The third kappa shape index (κ3) is 3.42. The first-order valence-electron chi connectivity index (χ1n) is 8.83. The number of aromatic nitrogens is 2. The molecule has 0 bridgehead atoms. The van der Waals surface area contributed by atoms with Crippen LogP contribution in [0.4, 0.5) is 5.82 Å². The number of fused-ring (bicyclic) bond motifs is 3. The maximum Gasteiger partial charge on any atom is 0.136 e. The maximum atomic E-state index is 5.43. The lowest BCUT2D eigenvalue weighted by atomic mass is 10.1. The van der Waals surface area contributed by atoms with Crippen molar-refractivity contribution in [1.82, 2.24) is 14.5 Å². The maximum absolute atomic E-state index is 5.43. The fourth-order valence-electron chi connectivity index (χ4n) is 3.43. The van der Waals surface area contributed by atoms with Gasteiger partial charge in [-0.2, -0.15) is 0 Å². The van der Waals surface area contributed by atoms with E-state index in [4.69, 9.17) is 4.74 Å². The minimum atomic E-state index is 0.874. The van der Waals surface area contributed by atoms with Crippen molar-refractivity contribution in [2.75, 3.05) is 39.6 Å². The largest absolute Gasteiger partial charge is 0.497 e. The van der Waals surface area contributed by atoms with Gasteiger partial charge >= 0.3 is 0 Å². The van der Waals surface area contributed by atoms with Crippen molar-refractivity contribution in [2.45, 2.75) is 19.8 Å². The number of unbranched alkanes of at least 4 members (excludes halogenated alkanes) is 1. The Hall–Kier alpha value is -2.27. The predicted molar refractivity (Wildman–Crippen MR) is 106 cm³/mol. The van der Waals surface area contributed by atoms with Gasteiger partial charge in [-0.1, -0.05) is 0 Å². The highest BCUT2D eigenvalue weighted by atomic mass is 16.5. The van der Waals surface area contributed by atoms with Crippen molar-refractivity contribution in [1.29, 1.82) is 0 Å². The van der Waals surface area contributed by atoms with Gasteiger partial charge in [0.15, 0.2) is 0 Å². The first-order valence-corrected chi connectivity index (χ1v) is 8.83. The van der Waals surface area contributed by atoms with Gasteiger partial charge in [-0.05, 0) is 64.2 Å². The topological polar surface area (TPSA) is 42.3 Å². The molecule has 2 aromatic heterocycles. The quantitative estimate of drug-likeness (QED) is 0.664. The zero-order valence-corrected chi connectivity index (χ0v) is 15.9. The first-order chi connectivity index (χ1) is 12.0. The summed E-state index contributed by atoms with van der Waals surface area (Å²) in [4.78, 5) is 6.90.